The first-order chi connectivity index (χ1) is 17.0. The molecule has 178 valence electrons. The maximum absolute atomic E-state index is 13.7. The van der Waals surface area contributed by atoms with E-state index < -0.39 is 0 Å². The number of imidazole rings is 2. The third kappa shape index (κ3) is 3.50. The topological polar surface area (TPSA) is 116 Å². The molecule has 4 aliphatic carbocycles. The fraction of sp³-hybridized carbons (Fsp3) is 0.407. The standard InChI is InChI=1S/C27H28N6O2/c34-24(32-18-1-3-20-22(6-18)30-14-28-20)12-26-8-16-5-17(9-26)11-27(10-16,13-26)25(35)33-19-2-4-21-23(7-19)31-15-29-21/h1-4,6-7,14-17H,5,8-13H2,(H,28,30)(H,29,31)(H,32,34)(H,33,35). The number of fused-ring (bicyclic) bond motifs is 2. The molecule has 0 saturated heterocycles. The minimum atomic E-state index is -0.387. The van der Waals surface area contributed by atoms with Crippen LogP contribution in [0.5, 0.6) is 0 Å². The molecule has 4 fully saturated rings. The van der Waals surface area contributed by atoms with Crippen molar-refractivity contribution in [1.82, 2.24) is 19.9 Å². The fourth-order valence-corrected chi connectivity index (χ4v) is 7.76. The van der Waals surface area contributed by atoms with E-state index in [0.717, 1.165) is 65.5 Å². The Morgan fingerprint density at radius 1 is 0.857 bits per heavy atom. The maximum Gasteiger partial charge on any atom is 0.230 e. The number of nitrogens with one attached hydrogen (secondary N) is 4. The molecule has 8 rings (SSSR count). The number of H-pyrrole nitrogens is 2. The van der Waals surface area contributed by atoms with E-state index in [1.54, 1.807) is 12.7 Å². The van der Waals surface area contributed by atoms with Gasteiger partial charge in [0.1, 0.15) is 0 Å². The van der Waals surface area contributed by atoms with Crippen molar-refractivity contribution in [3.05, 3.63) is 49.1 Å². The van der Waals surface area contributed by atoms with Crippen molar-refractivity contribution in [2.45, 2.75) is 44.9 Å². The van der Waals surface area contributed by atoms with Gasteiger partial charge in [-0.05, 0) is 92.2 Å². The molecule has 2 heterocycles. The zero-order chi connectivity index (χ0) is 23.6. The lowest BCUT2D eigenvalue weighted by atomic mass is 9.43. The predicted octanol–water partition coefficient (Wildman–Crippen LogP) is 4.99. The molecule has 4 saturated carbocycles. The zero-order valence-electron chi connectivity index (χ0n) is 19.4. The van der Waals surface area contributed by atoms with Crippen LogP contribution in [-0.4, -0.2) is 31.8 Å². The van der Waals surface area contributed by atoms with Gasteiger partial charge in [-0.2, -0.15) is 0 Å². The summed E-state index contributed by atoms with van der Waals surface area (Å²) >= 11 is 0. The number of amides is 2. The molecule has 2 aromatic carbocycles. The molecule has 4 aromatic rings. The number of aromatic nitrogens is 4. The van der Waals surface area contributed by atoms with Crippen LogP contribution in [0.25, 0.3) is 22.1 Å². The Morgan fingerprint density at radius 2 is 1.46 bits per heavy atom. The van der Waals surface area contributed by atoms with Gasteiger partial charge in [0.25, 0.3) is 0 Å². The first kappa shape index (κ1) is 20.7. The van der Waals surface area contributed by atoms with Gasteiger partial charge in [-0.3, -0.25) is 9.59 Å². The number of nitrogens with zero attached hydrogens (tertiary/aromatic N) is 2. The quantitative estimate of drug-likeness (QED) is 0.330. The highest BCUT2D eigenvalue weighted by atomic mass is 16.2. The van der Waals surface area contributed by atoms with Gasteiger partial charge in [0.05, 0.1) is 40.1 Å². The molecule has 4 aliphatic rings. The van der Waals surface area contributed by atoms with Crippen molar-refractivity contribution in [3.63, 3.8) is 0 Å². The number of benzene rings is 2. The Kier molecular flexibility index (Phi) is 4.38. The number of hydrogen-bond acceptors (Lipinski definition) is 4. The van der Waals surface area contributed by atoms with Crippen LogP contribution in [0.4, 0.5) is 11.4 Å². The third-order valence-electron chi connectivity index (χ3n) is 8.58. The van der Waals surface area contributed by atoms with Gasteiger partial charge in [-0.15, -0.1) is 0 Å². The largest absolute Gasteiger partial charge is 0.345 e. The van der Waals surface area contributed by atoms with Gasteiger partial charge < -0.3 is 20.6 Å². The van der Waals surface area contributed by atoms with Crippen LogP contribution < -0.4 is 10.6 Å². The van der Waals surface area contributed by atoms with Gasteiger partial charge in [0.15, 0.2) is 0 Å². The summed E-state index contributed by atoms with van der Waals surface area (Å²) in [5, 5.41) is 6.31. The van der Waals surface area contributed by atoms with Crippen LogP contribution in [0.15, 0.2) is 49.1 Å². The van der Waals surface area contributed by atoms with Crippen molar-refractivity contribution in [2.24, 2.45) is 22.7 Å². The molecular formula is C27H28N6O2. The van der Waals surface area contributed by atoms with E-state index in [1.807, 2.05) is 36.4 Å². The normalized spacial score (nSPS) is 29.0. The molecule has 0 spiro atoms. The average Bonchev–Trinajstić information content (AvgIpc) is 3.46. The van der Waals surface area contributed by atoms with Crippen molar-refractivity contribution < 1.29 is 9.59 Å². The predicted molar refractivity (Wildman–Crippen MR) is 134 cm³/mol. The van der Waals surface area contributed by atoms with Gasteiger partial charge in [-0.1, -0.05) is 0 Å². The number of carbonyl (C=O) groups is 2. The van der Waals surface area contributed by atoms with Gasteiger partial charge in [0, 0.05) is 17.8 Å². The van der Waals surface area contributed by atoms with Crippen molar-refractivity contribution in [1.29, 1.82) is 0 Å². The highest BCUT2D eigenvalue weighted by Gasteiger charge is 2.60. The smallest absolute Gasteiger partial charge is 0.230 e. The molecule has 0 radical (unpaired) electrons. The van der Waals surface area contributed by atoms with E-state index in [2.05, 4.69) is 30.6 Å². The Morgan fingerprint density at radius 3 is 2.09 bits per heavy atom. The molecule has 4 N–H and O–H groups in total. The average molecular weight is 469 g/mol. The molecule has 0 aliphatic heterocycles. The summed E-state index contributed by atoms with van der Waals surface area (Å²) in [5.41, 5.74) is 4.66. The van der Waals surface area contributed by atoms with E-state index in [9.17, 15) is 9.59 Å². The highest BCUT2D eigenvalue weighted by Crippen LogP contribution is 2.66. The second kappa shape index (κ2) is 7.41. The lowest BCUT2D eigenvalue weighted by Crippen LogP contribution is -2.57. The van der Waals surface area contributed by atoms with E-state index in [0.29, 0.717) is 18.3 Å². The number of aromatic amines is 2. The molecule has 2 aromatic heterocycles. The van der Waals surface area contributed by atoms with E-state index in [-0.39, 0.29) is 22.6 Å². The highest BCUT2D eigenvalue weighted by molar-refractivity contribution is 5.98. The Labute approximate surface area is 202 Å². The van der Waals surface area contributed by atoms with Crippen LogP contribution in [-0.2, 0) is 9.59 Å². The Hall–Kier alpha value is -3.68. The number of hydrogen-bond donors (Lipinski definition) is 4. The lowest BCUT2D eigenvalue weighted by molar-refractivity contribution is -0.155. The summed E-state index contributed by atoms with van der Waals surface area (Å²) in [6.45, 7) is 0. The minimum absolute atomic E-state index is 0.0334. The zero-order valence-corrected chi connectivity index (χ0v) is 19.4. The van der Waals surface area contributed by atoms with Gasteiger partial charge in [-0.25, -0.2) is 9.97 Å². The second-order valence-electron chi connectivity index (χ2n) is 11.2. The third-order valence-corrected chi connectivity index (χ3v) is 8.58. The van der Waals surface area contributed by atoms with E-state index in [1.165, 1.54) is 6.42 Å². The Balaban J connectivity index is 1.10. The summed E-state index contributed by atoms with van der Waals surface area (Å²) in [4.78, 5) is 41.6. The molecule has 4 bridgehead atoms. The first-order valence-electron chi connectivity index (χ1n) is 12.5. The van der Waals surface area contributed by atoms with E-state index in [4.69, 9.17) is 0 Å². The molecule has 2 unspecified atom stereocenters. The van der Waals surface area contributed by atoms with Crippen LogP contribution in [0.3, 0.4) is 0 Å². The second-order valence-corrected chi connectivity index (χ2v) is 11.2. The molecule has 2 atom stereocenters. The van der Waals surface area contributed by atoms with Crippen LogP contribution in [0.2, 0.25) is 0 Å². The van der Waals surface area contributed by atoms with Crippen molar-refractivity contribution in [2.75, 3.05) is 10.6 Å². The van der Waals surface area contributed by atoms with E-state index >= 15 is 0 Å². The van der Waals surface area contributed by atoms with Crippen molar-refractivity contribution in [3.8, 4) is 0 Å². The molecule has 8 nitrogen and oxygen atoms in total. The summed E-state index contributed by atoms with van der Waals surface area (Å²) in [5.74, 6) is 1.18. The summed E-state index contributed by atoms with van der Waals surface area (Å²) in [7, 11) is 0. The number of rotatable bonds is 5. The summed E-state index contributed by atoms with van der Waals surface area (Å²) in [6.07, 6.45) is 9.73. The molecule has 2 amide bonds. The maximum atomic E-state index is 13.7. The SMILES string of the molecule is O=C(CC12CC3CC(C1)CC(C(=O)Nc1ccc4nc[nH]c4c1)(C3)C2)Nc1ccc2nc[nH]c2c1. The molecule has 35 heavy (non-hydrogen) atoms. The van der Waals surface area contributed by atoms with Crippen LogP contribution in [0, 0.1) is 22.7 Å². The summed E-state index contributed by atoms with van der Waals surface area (Å²) < 4.78 is 0. The van der Waals surface area contributed by atoms with Crippen molar-refractivity contribution >= 4 is 45.3 Å². The fourth-order valence-electron chi connectivity index (χ4n) is 7.76. The Bertz CT molecular complexity index is 1450. The minimum Gasteiger partial charge on any atom is -0.345 e. The molecular weight excluding hydrogens is 440 g/mol. The van der Waals surface area contributed by atoms with Crippen LogP contribution in [0.1, 0.15) is 44.9 Å². The van der Waals surface area contributed by atoms with Crippen LogP contribution >= 0.6 is 0 Å². The number of carbonyl (C=O) groups excluding carboxylic acids is 2. The summed E-state index contributed by atoms with van der Waals surface area (Å²) in [6, 6.07) is 11.5. The monoisotopic (exact) mass is 468 g/mol. The first-order valence-corrected chi connectivity index (χ1v) is 12.5. The lowest BCUT2D eigenvalue weighted by Gasteiger charge is -2.61. The van der Waals surface area contributed by atoms with Gasteiger partial charge in [0.2, 0.25) is 11.8 Å². The number of anilines is 2. The van der Waals surface area contributed by atoms with Gasteiger partial charge >= 0.3 is 0 Å². The molecule has 8 heteroatoms.